The van der Waals surface area contributed by atoms with E-state index in [2.05, 4.69) is 31.4 Å². The van der Waals surface area contributed by atoms with E-state index in [0.717, 1.165) is 19.4 Å². The molecule has 0 fully saturated rings. The lowest BCUT2D eigenvalue weighted by molar-refractivity contribution is -0.121. The summed E-state index contributed by atoms with van der Waals surface area (Å²) >= 11 is 0. The van der Waals surface area contributed by atoms with E-state index in [9.17, 15) is 4.79 Å². The van der Waals surface area contributed by atoms with Gasteiger partial charge in [0.1, 0.15) is 0 Å². The van der Waals surface area contributed by atoms with E-state index >= 15 is 0 Å². The molecule has 0 aromatic heterocycles. The van der Waals surface area contributed by atoms with E-state index in [1.54, 1.807) is 0 Å². The molecule has 1 atom stereocenters. The van der Waals surface area contributed by atoms with Gasteiger partial charge in [0.05, 0.1) is 6.54 Å². The molecule has 3 nitrogen and oxygen atoms in total. The predicted octanol–water partition coefficient (Wildman–Crippen LogP) is 1.93. The zero-order chi connectivity index (χ0) is 11.9. The number of rotatable bonds is 7. The van der Waals surface area contributed by atoms with E-state index in [1.165, 1.54) is 0 Å². The van der Waals surface area contributed by atoms with Gasteiger partial charge in [0.15, 0.2) is 0 Å². The third-order valence-electron chi connectivity index (χ3n) is 2.84. The second-order valence-corrected chi connectivity index (χ2v) is 4.93. The van der Waals surface area contributed by atoms with Crippen LogP contribution in [0.25, 0.3) is 0 Å². The van der Waals surface area contributed by atoms with Crippen LogP contribution in [-0.4, -0.2) is 24.5 Å². The van der Waals surface area contributed by atoms with Gasteiger partial charge in [-0.25, -0.2) is 0 Å². The maximum absolute atomic E-state index is 11.5. The third kappa shape index (κ3) is 7.37. The molecule has 0 aliphatic carbocycles. The first-order chi connectivity index (χ1) is 6.91. The maximum atomic E-state index is 11.5. The van der Waals surface area contributed by atoms with Gasteiger partial charge in [-0.2, -0.15) is 0 Å². The Balaban J connectivity index is 3.67. The third-order valence-corrected chi connectivity index (χ3v) is 2.84. The minimum Gasteiger partial charge on any atom is -0.350 e. The predicted molar refractivity (Wildman–Crippen MR) is 64.8 cm³/mol. The van der Waals surface area contributed by atoms with Gasteiger partial charge in [-0.05, 0) is 32.7 Å². The van der Waals surface area contributed by atoms with Gasteiger partial charge in [-0.3, -0.25) is 4.79 Å². The summed E-state index contributed by atoms with van der Waals surface area (Å²) in [6, 6.07) is 0. The highest BCUT2D eigenvalue weighted by Crippen LogP contribution is 2.05. The zero-order valence-corrected chi connectivity index (χ0v) is 10.8. The van der Waals surface area contributed by atoms with Gasteiger partial charge in [0, 0.05) is 5.54 Å². The maximum Gasteiger partial charge on any atom is 0.234 e. The SMILES string of the molecule is CCC(C)CNCC(=O)NC(C)(C)CC. The van der Waals surface area contributed by atoms with Crippen LogP contribution in [0.1, 0.15) is 47.5 Å². The molecule has 0 rings (SSSR count). The first-order valence-electron chi connectivity index (χ1n) is 5.93. The van der Waals surface area contributed by atoms with Crippen molar-refractivity contribution in [1.29, 1.82) is 0 Å². The number of hydrogen-bond acceptors (Lipinski definition) is 2. The average Bonchev–Trinajstić information content (AvgIpc) is 2.16. The molecule has 1 amide bonds. The van der Waals surface area contributed by atoms with Crippen LogP contribution in [0.15, 0.2) is 0 Å². The quantitative estimate of drug-likeness (QED) is 0.680. The monoisotopic (exact) mass is 214 g/mol. The Morgan fingerprint density at radius 3 is 2.40 bits per heavy atom. The number of carbonyl (C=O) groups is 1. The second-order valence-electron chi connectivity index (χ2n) is 4.93. The Labute approximate surface area is 94.0 Å². The van der Waals surface area contributed by atoms with Crippen molar-refractivity contribution in [2.24, 2.45) is 5.92 Å². The molecule has 0 aromatic carbocycles. The van der Waals surface area contributed by atoms with Crippen LogP contribution in [0.5, 0.6) is 0 Å². The molecule has 1 unspecified atom stereocenters. The molecule has 0 aliphatic rings. The van der Waals surface area contributed by atoms with Crippen molar-refractivity contribution < 1.29 is 4.79 Å². The summed E-state index contributed by atoms with van der Waals surface area (Å²) in [6.07, 6.45) is 2.10. The highest BCUT2D eigenvalue weighted by molar-refractivity contribution is 5.78. The van der Waals surface area contributed by atoms with Crippen LogP contribution in [0.4, 0.5) is 0 Å². The molecular weight excluding hydrogens is 188 g/mol. The standard InChI is InChI=1S/C12H26N2O/c1-6-10(3)8-13-9-11(15)14-12(4,5)7-2/h10,13H,6-9H2,1-5H3,(H,14,15). The molecule has 0 saturated heterocycles. The molecule has 15 heavy (non-hydrogen) atoms. The van der Waals surface area contributed by atoms with Gasteiger partial charge in [0.2, 0.25) is 5.91 Å². The Kier molecular flexibility index (Phi) is 6.57. The van der Waals surface area contributed by atoms with Crippen molar-refractivity contribution in [2.45, 2.75) is 53.0 Å². The first kappa shape index (κ1) is 14.4. The van der Waals surface area contributed by atoms with Crippen molar-refractivity contribution in [1.82, 2.24) is 10.6 Å². The lowest BCUT2D eigenvalue weighted by Gasteiger charge is -2.24. The van der Waals surface area contributed by atoms with Crippen LogP contribution in [-0.2, 0) is 4.79 Å². The van der Waals surface area contributed by atoms with Crippen molar-refractivity contribution >= 4 is 5.91 Å². The minimum absolute atomic E-state index is 0.0881. The van der Waals surface area contributed by atoms with Crippen molar-refractivity contribution in [3.05, 3.63) is 0 Å². The number of amides is 1. The summed E-state index contributed by atoms with van der Waals surface area (Å²) in [7, 11) is 0. The normalized spacial score (nSPS) is 13.7. The van der Waals surface area contributed by atoms with Gasteiger partial charge in [0.25, 0.3) is 0 Å². The highest BCUT2D eigenvalue weighted by atomic mass is 16.2. The van der Waals surface area contributed by atoms with E-state index < -0.39 is 0 Å². The van der Waals surface area contributed by atoms with Crippen LogP contribution in [0.2, 0.25) is 0 Å². The van der Waals surface area contributed by atoms with Gasteiger partial charge in [-0.15, -0.1) is 0 Å². The van der Waals surface area contributed by atoms with E-state index in [-0.39, 0.29) is 11.4 Å². The summed E-state index contributed by atoms with van der Waals surface area (Å²) in [5, 5.41) is 6.17. The second kappa shape index (κ2) is 6.83. The fraction of sp³-hybridized carbons (Fsp3) is 0.917. The number of nitrogens with one attached hydrogen (secondary N) is 2. The topological polar surface area (TPSA) is 41.1 Å². The van der Waals surface area contributed by atoms with Crippen molar-refractivity contribution in [3.63, 3.8) is 0 Å². The van der Waals surface area contributed by atoms with Gasteiger partial charge >= 0.3 is 0 Å². The minimum atomic E-state index is -0.0882. The van der Waals surface area contributed by atoms with Crippen molar-refractivity contribution in [2.75, 3.05) is 13.1 Å². The Bertz CT molecular complexity index is 190. The lowest BCUT2D eigenvalue weighted by atomic mass is 10.0. The molecule has 0 aliphatic heterocycles. The molecule has 90 valence electrons. The number of hydrogen-bond donors (Lipinski definition) is 2. The molecule has 0 radical (unpaired) electrons. The highest BCUT2D eigenvalue weighted by Gasteiger charge is 2.17. The largest absolute Gasteiger partial charge is 0.350 e. The molecule has 0 spiro atoms. The molecule has 2 N–H and O–H groups in total. The summed E-state index contributed by atoms with van der Waals surface area (Å²) in [5.41, 5.74) is -0.0882. The summed E-state index contributed by atoms with van der Waals surface area (Å²) in [6.45, 7) is 11.8. The Hall–Kier alpha value is -0.570. The van der Waals surface area contributed by atoms with Crippen molar-refractivity contribution in [3.8, 4) is 0 Å². The van der Waals surface area contributed by atoms with Crippen LogP contribution < -0.4 is 10.6 Å². The Morgan fingerprint density at radius 2 is 1.93 bits per heavy atom. The molecule has 3 heteroatoms. The van der Waals surface area contributed by atoms with Gasteiger partial charge < -0.3 is 10.6 Å². The van der Waals surface area contributed by atoms with Crippen LogP contribution in [0, 0.1) is 5.92 Å². The lowest BCUT2D eigenvalue weighted by Crippen LogP contribution is -2.46. The van der Waals surface area contributed by atoms with E-state index in [0.29, 0.717) is 12.5 Å². The first-order valence-corrected chi connectivity index (χ1v) is 5.93. The summed E-state index contributed by atoms with van der Waals surface area (Å²) in [5.74, 6) is 0.724. The molecular formula is C12H26N2O. The molecule has 0 bridgehead atoms. The smallest absolute Gasteiger partial charge is 0.234 e. The van der Waals surface area contributed by atoms with Crippen LogP contribution >= 0.6 is 0 Å². The summed E-state index contributed by atoms with van der Waals surface area (Å²) < 4.78 is 0. The molecule has 0 aromatic rings. The fourth-order valence-electron chi connectivity index (χ4n) is 1.09. The van der Waals surface area contributed by atoms with E-state index in [1.807, 2.05) is 13.8 Å². The Morgan fingerprint density at radius 1 is 1.33 bits per heavy atom. The number of carbonyl (C=O) groups excluding carboxylic acids is 1. The molecule has 0 heterocycles. The van der Waals surface area contributed by atoms with Crippen LogP contribution in [0.3, 0.4) is 0 Å². The van der Waals surface area contributed by atoms with Gasteiger partial charge in [-0.1, -0.05) is 27.2 Å². The molecule has 0 saturated carbocycles. The summed E-state index contributed by atoms with van der Waals surface area (Å²) in [4.78, 5) is 11.5. The fourth-order valence-corrected chi connectivity index (χ4v) is 1.09. The average molecular weight is 214 g/mol. The zero-order valence-electron chi connectivity index (χ0n) is 10.8. The van der Waals surface area contributed by atoms with E-state index in [4.69, 9.17) is 0 Å².